The number of hydrogen-bond donors (Lipinski definition) is 2. The lowest BCUT2D eigenvalue weighted by molar-refractivity contribution is 0.121. The Balaban J connectivity index is 3.94. The Labute approximate surface area is 105 Å². The first-order valence-electron chi connectivity index (χ1n) is 5.88. The minimum absolute atomic E-state index is 0.125. The van der Waals surface area contributed by atoms with Crippen LogP contribution in [0.4, 0.5) is 0 Å². The number of nitrogens with one attached hydrogen (secondary N) is 2. The van der Waals surface area contributed by atoms with E-state index in [1.54, 1.807) is 14.2 Å². The Morgan fingerprint density at radius 1 is 1.41 bits per heavy atom. The van der Waals surface area contributed by atoms with Crippen LogP contribution in [0.3, 0.4) is 0 Å². The molecule has 0 spiro atoms. The molecule has 0 aliphatic rings. The summed E-state index contributed by atoms with van der Waals surface area (Å²) in [5.74, 6) is 0. The van der Waals surface area contributed by atoms with Gasteiger partial charge in [0.2, 0.25) is 0 Å². The van der Waals surface area contributed by atoms with Crippen LogP contribution < -0.4 is 10.0 Å². The van der Waals surface area contributed by atoms with Gasteiger partial charge in [0.15, 0.2) is 0 Å². The standard InChI is InChI=1S/C10H25N3O3S/c1-5-11-7-6-8-13(3)17(14,15)12-9-10(2)16-4/h10-12H,5-9H2,1-4H3. The summed E-state index contributed by atoms with van der Waals surface area (Å²) in [6.07, 6.45) is 0.672. The van der Waals surface area contributed by atoms with Crippen molar-refractivity contribution in [2.75, 3.05) is 40.3 Å². The largest absolute Gasteiger partial charge is 0.380 e. The Kier molecular flexibility index (Phi) is 8.71. The van der Waals surface area contributed by atoms with Crippen molar-refractivity contribution in [3.8, 4) is 0 Å². The van der Waals surface area contributed by atoms with Crippen molar-refractivity contribution >= 4 is 10.2 Å². The highest BCUT2D eigenvalue weighted by Crippen LogP contribution is 1.96. The average Bonchev–Trinajstić information content (AvgIpc) is 2.31. The zero-order chi connectivity index (χ0) is 13.3. The van der Waals surface area contributed by atoms with Gasteiger partial charge in [0.05, 0.1) is 6.10 Å². The number of ether oxygens (including phenoxy) is 1. The van der Waals surface area contributed by atoms with Gasteiger partial charge in [0.1, 0.15) is 0 Å². The lowest BCUT2D eigenvalue weighted by atomic mass is 10.4. The number of methoxy groups -OCH3 is 1. The fourth-order valence-electron chi connectivity index (χ4n) is 1.14. The normalized spacial score (nSPS) is 14.2. The molecule has 0 radical (unpaired) electrons. The molecule has 0 aromatic heterocycles. The molecule has 0 saturated heterocycles. The lowest BCUT2D eigenvalue weighted by Gasteiger charge is -2.19. The van der Waals surface area contributed by atoms with E-state index in [0.29, 0.717) is 6.54 Å². The zero-order valence-corrected chi connectivity index (χ0v) is 12.0. The summed E-state index contributed by atoms with van der Waals surface area (Å²) in [7, 11) is -0.247. The highest BCUT2D eigenvalue weighted by atomic mass is 32.2. The molecular weight excluding hydrogens is 242 g/mol. The summed E-state index contributed by atoms with van der Waals surface area (Å²) in [6.45, 7) is 6.35. The summed E-state index contributed by atoms with van der Waals surface area (Å²) in [4.78, 5) is 0. The van der Waals surface area contributed by atoms with Gasteiger partial charge in [0.25, 0.3) is 10.2 Å². The van der Waals surface area contributed by atoms with Crippen LogP contribution in [-0.4, -0.2) is 59.2 Å². The third-order valence-electron chi connectivity index (χ3n) is 2.44. The van der Waals surface area contributed by atoms with Crippen LogP contribution in [0.15, 0.2) is 0 Å². The zero-order valence-electron chi connectivity index (χ0n) is 11.2. The van der Waals surface area contributed by atoms with Crippen molar-refractivity contribution in [2.24, 2.45) is 0 Å². The molecule has 1 atom stereocenters. The highest BCUT2D eigenvalue weighted by Gasteiger charge is 2.17. The molecule has 7 heteroatoms. The molecule has 0 rings (SSSR count). The molecule has 104 valence electrons. The maximum atomic E-state index is 11.8. The summed E-state index contributed by atoms with van der Waals surface area (Å²) in [5.41, 5.74) is 0. The first kappa shape index (κ1) is 16.8. The van der Waals surface area contributed by atoms with Crippen molar-refractivity contribution in [1.82, 2.24) is 14.3 Å². The molecule has 0 aliphatic carbocycles. The van der Waals surface area contributed by atoms with E-state index in [1.165, 1.54) is 4.31 Å². The molecule has 0 aliphatic heterocycles. The van der Waals surface area contributed by atoms with Gasteiger partial charge in [-0.3, -0.25) is 0 Å². The van der Waals surface area contributed by atoms with Gasteiger partial charge in [0, 0.05) is 27.2 Å². The van der Waals surface area contributed by atoms with Crippen LogP contribution in [0.25, 0.3) is 0 Å². The molecule has 0 saturated carbocycles. The van der Waals surface area contributed by atoms with Crippen molar-refractivity contribution in [2.45, 2.75) is 26.4 Å². The van der Waals surface area contributed by atoms with Gasteiger partial charge in [-0.15, -0.1) is 0 Å². The maximum absolute atomic E-state index is 11.8. The van der Waals surface area contributed by atoms with E-state index in [-0.39, 0.29) is 12.6 Å². The molecule has 1 unspecified atom stereocenters. The molecule has 2 N–H and O–H groups in total. The molecule has 0 aromatic rings. The fraction of sp³-hybridized carbons (Fsp3) is 1.00. The van der Waals surface area contributed by atoms with Crippen molar-refractivity contribution in [1.29, 1.82) is 0 Å². The molecule has 17 heavy (non-hydrogen) atoms. The second-order valence-corrected chi connectivity index (χ2v) is 5.79. The molecule has 6 nitrogen and oxygen atoms in total. The predicted octanol–water partition coefficient (Wildman–Crippen LogP) is -0.213. The second-order valence-electron chi connectivity index (χ2n) is 3.93. The van der Waals surface area contributed by atoms with Gasteiger partial charge >= 0.3 is 0 Å². The maximum Gasteiger partial charge on any atom is 0.279 e. The van der Waals surface area contributed by atoms with Crippen LogP contribution in [0.5, 0.6) is 0 Å². The van der Waals surface area contributed by atoms with Gasteiger partial charge in [-0.1, -0.05) is 6.92 Å². The molecule has 0 fully saturated rings. The molecule has 0 aromatic carbocycles. The van der Waals surface area contributed by atoms with E-state index in [4.69, 9.17) is 4.74 Å². The van der Waals surface area contributed by atoms with E-state index < -0.39 is 10.2 Å². The average molecular weight is 267 g/mol. The molecule has 0 amide bonds. The summed E-state index contributed by atoms with van der Waals surface area (Å²) < 4.78 is 32.3. The number of nitrogens with zero attached hydrogens (tertiary/aromatic N) is 1. The number of hydrogen-bond acceptors (Lipinski definition) is 4. The van der Waals surface area contributed by atoms with Gasteiger partial charge in [-0.05, 0) is 26.4 Å². The first-order valence-corrected chi connectivity index (χ1v) is 7.32. The summed E-state index contributed by atoms with van der Waals surface area (Å²) in [6, 6.07) is 0. The quantitative estimate of drug-likeness (QED) is 0.537. The topological polar surface area (TPSA) is 70.7 Å². The molecule has 0 bridgehead atoms. The van der Waals surface area contributed by atoms with Crippen molar-refractivity contribution in [3.05, 3.63) is 0 Å². The predicted molar refractivity (Wildman–Crippen MR) is 69.2 cm³/mol. The van der Waals surface area contributed by atoms with Gasteiger partial charge < -0.3 is 10.1 Å². The minimum atomic E-state index is -3.38. The van der Waals surface area contributed by atoms with Gasteiger partial charge in [-0.25, -0.2) is 0 Å². The molecule has 0 heterocycles. The van der Waals surface area contributed by atoms with Crippen molar-refractivity contribution < 1.29 is 13.2 Å². The fourth-order valence-corrected chi connectivity index (χ4v) is 2.18. The van der Waals surface area contributed by atoms with Crippen molar-refractivity contribution in [3.63, 3.8) is 0 Å². The third-order valence-corrected chi connectivity index (χ3v) is 3.98. The van der Waals surface area contributed by atoms with E-state index in [9.17, 15) is 8.42 Å². The summed E-state index contributed by atoms with van der Waals surface area (Å²) >= 11 is 0. The van der Waals surface area contributed by atoms with Crippen LogP contribution in [0, 0.1) is 0 Å². The van der Waals surface area contributed by atoms with E-state index in [1.807, 2.05) is 13.8 Å². The van der Waals surface area contributed by atoms with E-state index >= 15 is 0 Å². The van der Waals surface area contributed by atoms with Gasteiger partial charge in [-0.2, -0.15) is 17.4 Å². The Hall–Kier alpha value is -0.210. The Morgan fingerprint density at radius 3 is 2.59 bits per heavy atom. The van der Waals surface area contributed by atoms with E-state index in [2.05, 4.69) is 10.0 Å². The Bertz CT molecular complexity index is 283. The van der Waals surface area contributed by atoms with Crippen LogP contribution >= 0.6 is 0 Å². The first-order chi connectivity index (χ1) is 7.94. The summed E-state index contributed by atoms with van der Waals surface area (Å²) in [5, 5.41) is 3.15. The monoisotopic (exact) mass is 267 g/mol. The highest BCUT2D eigenvalue weighted by molar-refractivity contribution is 7.87. The minimum Gasteiger partial charge on any atom is -0.380 e. The number of rotatable bonds is 10. The van der Waals surface area contributed by atoms with Crippen LogP contribution in [0.2, 0.25) is 0 Å². The smallest absolute Gasteiger partial charge is 0.279 e. The lowest BCUT2D eigenvalue weighted by Crippen LogP contribution is -2.42. The Morgan fingerprint density at radius 2 is 2.06 bits per heavy atom. The molecular formula is C10H25N3O3S. The van der Waals surface area contributed by atoms with Crippen LogP contribution in [-0.2, 0) is 14.9 Å². The van der Waals surface area contributed by atoms with E-state index in [0.717, 1.165) is 19.5 Å². The third kappa shape index (κ3) is 7.67. The van der Waals surface area contributed by atoms with Crippen LogP contribution in [0.1, 0.15) is 20.3 Å². The SMILES string of the molecule is CCNCCCN(C)S(=O)(=O)NCC(C)OC. The second kappa shape index (κ2) is 8.82.